The fourth-order valence-electron chi connectivity index (χ4n) is 3.99. The van der Waals surface area contributed by atoms with Crippen LogP contribution < -0.4 is 0 Å². The number of imide groups is 1. The van der Waals surface area contributed by atoms with Crippen LogP contribution in [0.5, 0.6) is 0 Å². The lowest BCUT2D eigenvalue weighted by Crippen LogP contribution is -2.44. The molecule has 0 bridgehead atoms. The van der Waals surface area contributed by atoms with Gasteiger partial charge in [-0.25, -0.2) is 4.79 Å². The minimum atomic E-state index is -0.990. The van der Waals surface area contributed by atoms with Crippen LogP contribution in [0.2, 0.25) is 5.02 Å². The van der Waals surface area contributed by atoms with Crippen LogP contribution in [0.1, 0.15) is 38.5 Å². The fourth-order valence-corrected chi connectivity index (χ4v) is 4.18. The van der Waals surface area contributed by atoms with Gasteiger partial charge in [-0.15, -0.1) is 0 Å². The summed E-state index contributed by atoms with van der Waals surface area (Å²) in [7, 11) is 0. The lowest BCUT2D eigenvalue weighted by molar-refractivity contribution is -0.159. The van der Waals surface area contributed by atoms with Crippen molar-refractivity contribution < 1.29 is 23.6 Å². The van der Waals surface area contributed by atoms with Crippen LogP contribution >= 0.6 is 11.6 Å². The van der Waals surface area contributed by atoms with E-state index in [1.54, 1.807) is 24.3 Å². The highest BCUT2D eigenvalue weighted by Crippen LogP contribution is 2.39. The van der Waals surface area contributed by atoms with E-state index in [2.05, 4.69) is 10.1 Å². The number of ether oxygens (including phenoxy) is 1. The Balaban J connectivity index is 1.39. The van der Waals surface area contributed by atoms with E-state index >= 15 is 0 Å². The van der Waals surface area contributed by atoms with E-state index in [1.807, 2.05) is 0 Å². The largest absolute Gasteiger partial charge is 0.454 e. The monoisotopic (exact) mass is 417 g/mol. The smallest absolute Gasteiger partial charge is 0.329 e. The molecule has 2 amide bonds. The molecule has 152 valence electrons. The highest BCUT2D eigenvalue weighted by Gasteiger charge is 2.51. The third kappa shape index (κ3) is 3.76. The van der Waals surface area contributed by atoms with Crippen molar-refractivity contribution in [2.45, 2.75) is 45.3 Å². The Bertz CT molecular complexity index is 935. The SMILES string of the molecule is C[C@@H](C(=O)OCc1nc(-c2cccc(Cl)c2)no1)N1C(=O)[C@H]2CCCC[C@@H]2C1=O. The molecule has 0 unspecified atom stereocenters. The second-order valence-electron chi connectivity index (χ2n) is 7.35. The summed E-state index contributed by atoms with van der Waals surface area (Å²) in [5, 5.41) is 4.38. The molecule has 2 heterocycles. The average molecular weight is 418 g/mol. The number of carbonyl (C=O) groups is 3. The molecule has 1 aliphatic carbocycles. The number of halogens is 1. The summed E-state index contributed by atoms with van der Waals surface area (Å²) in [5.41, 5.74) is 0.670. The van der Waals surface area contributed by atoms with Crippen molar-refractivity contribution in [3.8, 4) is 11.4 Å². The van der Waals surface area contributed by atoms with Crippen LogP contribution in [0, 0.1) is 11.8 Å². The molecule has 2 aromatic rings. The molecule has 1 aromatic heterocycles. The van der Waals surface area contributed by atoms with E-state index in [0.29, 0.717) is 29.3 Å². The average Bonchev–Trinajstić information content (AvgIpc) is 3.29. The lowest BCUT2D eigenvalue weighted by atomic mass is 9.81. The van der Waals surface area contributed by atoms with Crippen molar-refractivity contribution in [1.29, 1.82) is 0 Å². The van der Waals surface area contributed by atoms with Gasteiger partial charge in [0.25, 0.3) is 5.89 Å². The van der Waals surface area contributed by atoms with Gasteiger partial charge in [-0.05, 0) is 31.9 Å². The zero-order valence-corrected chi connectivity index (χ0v) is 16.6. The maximum atomic E-state index is 12.6. The lowest BCUT2D eigenvalue weighted by Gasteiger charge is -2.21. The van der Waals surface area contributed by atoms with E-state index < -0.39 is 12.0 Å². The molecule has 1 aromatic carbocycles. The van der Waals surface area contributed by atoms with Gasteiger partial charge in [0.05, 0.1) is 11.8 Å². The van der Waals surface area contributed by atoms with Gasteiger partial charge in [-0.3, -0.25) is 14.5 Å². The number of hydrogen-bond acceptors (Lipinski definition) is 7. The first-order valence-electron chi connectivity index (χ1n) is 9.58. The van der Waals surface area contributed by atoms with Crippen LogP contribution in [0.25, 0.3) is 11.4 Å². The molecule has 2 fully saturated rings. The standard InChI is InChI=1S/C20H20ClN3O5/c1-11(24-18(25)14-7-2-3-8-15(14)19(24)26)20(27)28-10-16-22-17(23-29-16)12-5-4-6-13(21)9-12/h4-6,9,11,14-15H,2-3,7-8,10H2,1H3/t11-,14-,15-/m0/s1. The summed E-state index contributed by atoms with van der Waals surface area (Å²) in [5.74, 6) is -1.41. The van der Waals surface area contributed by atoms with Crippen LogP contribution in [0.15, 0.2) is 28.8 Å². The van der Waals surface area contributed by atoms with Gasteiger partial charge in [0, 0.05) is 10.6 Å². The van der Waals surface area contributed by atoms with Crippen LogP contribution in [0.4, 0.5) is 0 Å². The number of amides is 2. The molecule has 0 N–H and O–H groups in total. The second-order valence-corrected chi connectivity index (χ2v) is 7.79. The second kappa shape index (κ2) is 7.94. The predicted molar refractivity (Wildman–Crippen MR) is 101 cm³/mol. The Morgan fingerprint density at radius 1 is 1.28 bits per heavy atom. The molecule has 1 saturated heterocycles. The topological polar surface area (TPSA) is 103 Å². The molecule has 3 atom stereocenters. The third-order valence-corrected chi connectivity index (χ3v) is 5.73. The number of carbonyl (C=O) groups excluding carboxylic acids is 3. The van der Waals surface area contributed by atoms with Gasteiger partial charge in [-0.2, -0.15) is 4.98 Å². The van der Waals surface area contributed by atoms with Crippen LogP contribution in [0.3, 0.4) is 0 Å². The van der Waals surface area contributed by atoms with Crippen molar-refractivity contribution in [2.24, 2.45) is 11.8 Å². The van der Waals surface area contributed by atoms with E-state index in [4.69, 9.17) is 20.9 Å². The molecular weight excluding hydrogens is 398 g/mol. The van der Waals surface area contributed by atoms with Crippen molar-refractivity contribution in [1.82, 2.24) is 15.0 Å². The third-order valence-electron chi connectivity index (χ3n) is 5.49. The van der Waals surface area contributed by atoms with Crippen molar-refractivity contribution in [2.75, 3.05) is 0 Å². The maximum absolute atomic E-state index is 12.6. The number of fused-ring (bicyclic) bond motifs is 1. The highest BCUT2D eigenvalue weighted by molar-refractivity contribution is 6.30. The Hall–Kier alpha value is -2.74. The van der Waals surface area contributed by atoms with E-state index in [0.717, 1.165) is 17.7 Å². The molecule has 8 nitrogen and oxygen atoms in total. The summed E-state index contributed by atoms with van der Waals surface area (Å²) in [6.07, 6.45) is 3.25. The van der Waals surface area contributed by atoms with Gasteiger partial charge in [0.2, 0.25) is 17.6 Å². The predicted octanol–water partition coefficient (Wildman–Crippen LogP) is 3.00. The van der Waals surface area contributed by atoms with Gasteiger partial charge in [0.1, 0.15) is 6.04 Å². The summed E-state index contributed by atoms with van der Waals surface area (Å²) >= 11 is 5.95. The Labute approximate surface area is 172 Å². The first-order chi connectivity index (χ1) is 14.0. The summed E-state index contributed by atoms with van der Waals surface area (Å²) < 4.78 is 10.3. The summed E-state index contributed by atoms with van der Waals surface area (Å²) in [4.78, 5) is 42.9. The van der Waals surface area contributed by atoms with Crippen molar-refractivity contribution >= 4 is 29.4 Å². The zero-order valence-electron chi connectivity index (χ0n) is 15.8. The van der Waals surface area contributed by atoms with Crippen LogP contribution in [-0.4, -0.2) is 38.9 Å². The minimum Gasteiger partial charge on any atom is -0.454 e. The normalized spacial score (nSPS) is 22.5. The maximum Gasteiger partial charge on any atom is 0.329 e. The van der Waals surface area contributed by atoms with Crippen molar-refractivity contribution in [3.05, 3.63) is 35.2 Å². The Kier molecular flexibility index (Phi) is 5.36. The van der Waals surface area contributed by atoms with E-state index in [1.165, 1.54) is 6.92 Å². The first kappa shape index (κ1) is 19.6. The van der Waals surface area contributed by atoms with Crippen LogP contribution in [-0.2, 0) is 25.7 Å². The molecule has 0 radical (unpaired) electrons. The van der Waals surface area contributed by atoms with Crippen molar-refractivity contribution in [3.63, 3.8) is 0 Å². The van der Waals surface area contributed by atoms with Gasteiger partial charge in [0.15, 0.2) is 6.61 Å². The summed E-state index contributed by atoms with van der Waals surface area (Å²) in [6, 6.07) is 5.96. The van der Waals surface area contributed by atoms with Gasteiger partial charge in [-0.1, -0.05) is 41.7 Å². The summed E-state index contributed by atoms with van der Waals surface area (Å²) in [6.45, 7) is 1.25. The molecule has 2 aliphatic rings. The number of benzene rings is 1. The van der Waals surface area contributed by atoms with E-state index in [9.17, 15) is 14.4 Å². The number of nitrogens with zero attached hydrogens (tertiary/aromatic N) is 3. The quantitative estimate of drug-likeness (QED) is 0.544. The highest BCUT2D eigenvalue weighted by atomic mass is 35.5. The number of rotatable bonds is 5. The van der Waals surface area contributed by atoms with Gasteiger partial charge < -0.3 is 9.26 Å². The number of aromatic nitrogens is 2. The molecule has 1 saturated carbocycles. The molecule has 4 rings (SSSR count). The Morgan fingerprint density at radius 2 is 1.97 bits per heavy atom. The minimum absolute atomic E-state index is 0.105. The molecule has 1 aliphatic heterocycles. The number of esters is 1. The number of likely N-dealkylation sites (tertiary alicyclic amines) is 1. The fraction of sp³-hybridized carbons (Fsp3) is 0.450. The molecular formula is C20H20ClN3O5. The zero-order chi connectivity index (χ0) is 20.5. The Morgan fingerprint density at radius 3 is 2.62 bits per heavy atom. The van der Waals surface area contributed by atoms with E-state index in [-0.39, 0.29) is 36.1 Å². The number of hydrogen-bond donors (Lipinski definition) is 0. The molecule has 9 heteroatoms. The molecule has 29 heavy (non-hydrogen) atoms. The molecule has 0 spiro atoms. The first-order valence-corrected chi connectivity index (χ1v) is 9.95. The van der Waals surface area contributed by atoms with Gasteiger partial charge >= 0.3 is 5.97 Å².